The molecule has 0 aliphatic rings. The van der Waals surface area contributed by atoms with Crippen molar-refractivity contribution < 1.29 is 9.31 Å². The molecular weight excluding hydrogens is 187 g/mol. The van der Waals surface area contributed by atoms with Crippen molar-refractivity contribution in [3.8, 4) is 0 Å². The van der Waals surface area contributed by atoms with Crippen LogP contribution in [0.15, 0.2) is 18.2 Å². The molecule has 0 spiro atoms. The first-order valence-corrected chi connectivity index (χ1v) is 4.33. The molecule has 1 aromatic rings. The number of halogens is 1. The van der Waals surface area contributed by atoms with Gasteiger partial charge in [0.15, 0.2) is 0 Å². The van der Waals surface area contributed by atoms with Crippen LogP contribution in [-0.2, 0) is 0 Å². The van der Waals surface area contributed by atoms with Crippen molar-refractivity contribution in [1.82, 2.24) is 0 Å². The lowest BCUT2D eigenvalue weighted by molar-refractivity contribution is -0.387. The topological polar surface area (TPSA) is 55.2 Å². The molecule has 0 saturated heterocycles. The van der Waals surface area contributed by atoms with E-state index in [1.54, 1.807) is 0 Å². The number of nitrogens with one attached hydrogen (secondary N) is 1. The van der Waals surface area contributed by atoms with Crippen molar-refractivity contribution in [2.24, 2.45) is 0 Å². The zero-order valence-electron chi connectivity index (χ0n) is 7.79. The van der Waals surface area contributed by atoms with Crippen LogP contribution in [0.3, 0.4) is 0 Å². The van der Waals surface area contributed by atoms with Crippen molar-refractivity contribution in [3.05, 3.63) is 34.1 Å². The van der Waals surface area contributed by atoms with E-state index in [9.17, 15) is 14.5 Å². The van der Waals surface area contributed by atoms with E-state index in [2.05, 4.69) is 5.32 Å². The highest BCUT2D eigenvalue weighted by Gasteiger charge is 2.13. The van der Waals surface area contributed by atoms with E-state index in [-0.39, 0.29) is 0 Å². The number of benzene rings is 1. The Labute approximate surface area is 80.9 Å². The first-order valence-electron chi connectivity index (χ1n) is 4.33. The maximum Gasteiger partial charge on any atom is 0.304 e. The average Bonchev–Trinajstić information content (AvgIpc) is 2.14. The summed E-state index contributed by atoms with van der Waals surface area (Å²) in [6.07, 6.45) is 0.915. The van der Waals surface area contributed by atoms with E-state index >= 15 is 0 Å². The van der Waals surface area contributed by atoms with E-state index in [4.69, 9.17) is 0 Å². The normalized spacial score (nSPS) is 9.86. The van der Waals surface area contributed by atoms with E-state index in [0.29, 0.717) is 5.69 Å². The minimum atomic E-state index is -0.809. The summed E-state index contributed by atoms with van der Waals surface area (Å²) in [5.41, 5.74) is 0.0713. The van der Waals surface area contributed by atoms with Crippen LogP contribution < -0.4 is 5.32 Å². The van der Waals surface area contributed by atoms with Crippen LogP contribution >= 0.6 is 0 Å². The Morgan fingerprint density at radius 1 is 1.57 bits per heavy atom. The van der Waals surface area contributed by atoms with E-state index in [0.717, 1.165) is 25.1 Å². The van der Waals surface area contributed by atoms with Crippen molar-refractivity contribution in [2.75, 3.05) is 11.9 Å². The predicted octanol–water partition coefficient (Wildman–Crippen LogP) is 2.56. The lowest BCUT2D eigenvalue weighted by atomic mass is 10.2. The monoisotopic (exact) mass is 198 g/mol. The molecule has 1 rings (SSSR count). The quantitative estimate of drug-likeness (QED) is 0.597. The maximum absolute atomic E-state index is 13.0. The third-order valence-electron chi connectivity index (χ3n) is 1.72. The Morgan fingerprint density at radius 2 is 2.29 bits per heavy atom. The molecule has 0 heterocycles. The van der Waals surface area contributed by atoms with Crippen LogP contribution in [0.25, 0.3) is 0 Å². The summed E-state index contributed by atoms with van der Waals surface area (Å²) >= 11 is 0. The predicted molar refractivity (Wildman–Crippen MR) is 51.8 cm³/mol. The molecule has 5 heteroatoms. The van der Waals surface area contributed by atoms with E-state index in [1.165, 1.54) is 6.07 Å². The number of hydrogen-bond acceptors (Lipinski definition) is 3. The SMILES string of the molecule is CCCNc1ccc([N+](=O)[O-])c(F)c1. The van der Waals surface area contributed by atoms with Gasteiger partial charge in [-0.25, -0.2) is 0 Å². The van der Waals surface area contributed by atoms with Gasteiger partial charge >= 0.3 is 5.69 Å². The molecule has 0 radical (unpaired) electrons. The highest BCUT2D eigenvalue weighted by Crippen LogP contribution is 2.20. The number of nitrogens with zero attached hydrogens (tertiary/aromatic N) is 1. The fourth-order valence-corrected chi connectivity index (χ4v) is 1.03. The standard InChI is InChI=1S/C9H11FN2O2/c1-2-5-11-7-3-4-9(12(13)14)8(10)6-7/h3-4,6,11H,2,5H2,1H3. The molecule has 0 aliphatic carbocycles. The largest absolute Gasteiger partial charge is 0.385 e. The molecular formula is C9H11FN2O2. The van der Waals surface area contributed by atoms with Crippen molar-refractivity contribution in [2.45, 2.75) is 13.3 Å². The van der Waals surface area contributed by atoms with Gasteiger partial charge in [-0.3, -0.25) is 10.1 Å². The highest BCUT2D eigenvalue weighted by atomic mass is 19.1. The summed E-state index contributed by atoms with van der Waals surface area (Å²) in [5.74, 6) is -0.809. The Bertz CT molecular complexity index is 342. The first kappa shape index (κ1) is 10.4. The minimum Gasteiger partial charge on any atom is -0.385 e. The van der Waals surface area contributed by atoms with Gasteiger partial charge in [0.1, 0.15) is 0 Å². The smallest absolute Gasteiger partial charge is 0.304 e. The van der Waals surface area contributed by atoms with Gasteiger partial charge in [0.05, 0.1) is 4.92 Å². The summed E-state index contributed by atoms with van der Waals surface area (Å²) in [6.45, 7) is 2.70. The van der Waals surface area contributed by atoms with Crippen LogP contribution in [0.5, 0.6) is 0 Å². The summed E-state index contributed by atoms with van der Waals surface area (Å²) in [6, 6.07) is 3.79. The zero-order chi connectivity index (χ0) is 10.6. The molecule has 76 valence electrons. The number of nitro groups is 1. The average molecular weight is 198 g/mol. The maximum atomic E-state index is 13.0. The molecule has 0 atom stereocenters. The summed E-state index contributed by atoms with van der Waals surface area (Å²) in [4.78, 5) is 9.56. The van der Waals surface area contributed by atoms with Gasteiger partial charge in [0, 0.05) is 24.4 Å². The second-order valence-corrected chi connectivity index (χ2v) is 2.85. The van der Waals surface area contributed by atoms with Gasteiger partial charge in [-0.1, -0.05) is 6.92 Å². The fraction of sp³-hybridized carbons (Fsp3) is 0.333. The van der Waals surface area contributed by atoms with Crippen LogP contribution in [0, 0.1) is 15.9 Å². The van der Waals surface area contributed by atoms with Crippen LogP contribution in [0.4, 0.5) is 15.8 Å². The summed E-state index contributed by atoms with van der Waals surface area (Å²) < 4.78 is 13.0. The molecule has 0 aromatic heterocycles. The van der Waals surface area contributed by atoms with Gasteiger partial charge in [0.2, 0.25) is 5.82 Å². The molecule has 4 nitrogen and oxygen atoms in total. The second kappa shape index (κ2) is 4.55. The Morgan fingerprint density at radius 3 is 2.79 bits per heavy atom. The molecule has 0 amide bonds. The van der Waals surface area contributed by atoms with Gasteiger partial charge in [-0.05, 0) is 12.5 Å². The fourth-order valence-electron chi connectivity index (χ4n) is 1.03. The highest BCUT2D eigenvalue weighted by molar-refractivity contribution is 5.49. The number of anilines is 1. The lowest BCUT2D eigenvalue weighted by Gasteiger charge is -2.03. The molecule has 0 bridgehead atoms. The van der Waals surface area contributed by atoms with Crippen molar-refractivity contribution in [1.29, 1.82) is 0 Å². The lowest BCUT2D eigenvalue weighted by Crippen LogP contribution is -2.00. The third kappa shape index (κ3) is 2.42. The van der Waals surface area contributed by atoms with Gasteiger partial charge in [-0.2, -0.15) is 4.39 Å². The molecule has 0 aliphatic heterocycles. The van der Waals surface area contributed by atoms with Crippen molar-refractivity contribution in [3.63, 3.8) is 0 Å². The van der Waals surface area contributed by atoms with Crippen LogP contribution in [0.1, 0.15) is 13.3 Å². The Hall–Kier alpha value is -1.65. The molecule has 0 fully saturated rings. The van der Waals surface area contributed by atoms with Crippen molar-refractivity contribution >= 4 is 11.4 Å². The second-order valence-electron chi connectivity index (χ2n) is 2.85. The van der Waals surface area contributed by atoms with Crippen LogP contribution in [-0.4, -0.2) is 11.5 Å². The molecule has 1 N–H and O–H groups in total. The molecule has 0 unspecified atom stereocenters. The van der Waals surface area contributed by atoms with Gasteiger partial charge < -0.3 is 5.32 Å². The van der Waals surface area contributed by atoms with E-state index < -0.39 is 16.4 Å². The molecule has 1 aromatic carbocycles. The number of rotatable bonds is 4. The summed E-state index contributed by atoms with van der Waals surface area (Å²) in [7, 11) is 0. The number of hydrogen-bond donors (Lipinski definition) is 1. The summed E-state index contributed by atoms with van der Waals surface area (Å²) in [5, 5.41) is 13.2. The Balaban J connectivity index is 2.83. The molecule has 0 saturated carbocycles. The van der Waals surface area contributed by atoms with E-state index in [1.807, 2.05) is 6.92 Å². The van der Waals surface area contributed by atoms with Gasteiger partial charge in [0.25, 0.3) is 0 Å². The third-order valence-corrected chi connectivity index (χ3v) is 1.72. The van der Waals surface area contributed by atoms with Gasteiger partial charge in [-0.15, -0.1) is 0 Å². The molecule has 14 heavy (non-hydrogen) atoms. The Kier molecular flexibility index (Phi) is 3.39. The first-order chi connectivity index (χ1) is 6.65. The zero-order valence-corrected chi connectivity index (χ0v) is 7.79. The van der Waals surface area contributed by atoms with Crippen LogP contribution in [0.2, 0.25) is 0 Å². The number of nitro benzene ring substituents is 1. The minimum absolute atomic E-state index is 0.493.